The fourth-order valence-corrected chi connectivity index (χ4v) is 7.60. The lowest BCUT2D eigenvalue weighted by Crippen LogP contribution is -1.87. The first kappa shape index (κ1) is 25.3. The molecule has 0 atom stereocenters. The molecule has 0 saturated heterocycles. The van der Waals surface area contributed by atoms with Gasteiger partial charge in [-0.25, -0.2) is 0 Å². The molecule has 0 fully saturated rings. The van der Waals surface area contributed by atoms with E-state index in [0.717, 1.165) is 11.1 Å². The Bertz CT molecular complexity index is 2700. The second-order valence-electron chi connectivity index (χ2n) is 12.4. The van der Waals surface area contributed by atoms with Gasteiger partial charge >= 0.3 is 0 Å². The van der Waals surface area contributed by atoms with Crippen molar-refractivity contribution < 1.29 is 0 Å². The maximum atomic E-state index is 4.74. The predicted molar refractivity (Wildman–Crippen MR) is 195 cm³/mol. The average molecular weight is 582 g/mol. The molecule has 0 N–H and O–H groups in total. The summed E-state index contributed by atoms with van der Waals surface area (Å²) in [5.41, 5.74) is 12.4. The smallest absolute Gasteiger partial charge is 0.0347 e. The van der Waals surface area contributed by atoms with E-state index in [1.165, 1.54) is 87.6 Å². The van der Waals surface area contributed by atoms with Crippen molar-refractivity contribution in [2.75, 3.05) is 0 Å². The van der Waals surface area contributed by atoms with E-state index in [0.29, 0.717) is 0 Å². The third-order valence-electron chi connectivity index (χ3n) is 9.83. The second kappa shape index (κ2) is 9.72. The molecule has 46 heavy (non-hydrogen) atoms. The van der Waals surface area contributed by atoms with Crippen molar-refractivity contribution in [3.05, 3.63) is 164 Å². The minimum Gasteiger partial charge on any atom is -0.263 e. The summed E-state index contributed by atoms with van der Waals surface area (Å²) in [5.74, 6) is 0. The molecule has 1 nitrogen and oxygen atoms in total. The Hall–Kier alpha value is -6.05. The third-order valence-corrected chi connectivity index (χ3v) is 9.83. The number of aromatic nitrogens is 1. The van der Waals surface area contributed by atoms with Crippen LogP contribution in [0.5, 0.6) is 0 Å². The zero-order valence-corrected chi connectivity index (χ0v) is 25.0. The lowest BCUT2D eigenvalue weighted by atomic mass is 9.93. The van der Waals surface area contributed by atoms with Crippen molar-refractivity contribution in [2.24, 2.45) is 0 Å². The summed E-state index contributed by atoms with van der Waals surface area (Å²) in [4.78, 5) is 4.74. The standard InChI is InChI=1S/C45H27N/c1-2-8-30-22-31(13-12-28(30)6-1)32-14-15-34-24-35(17-16-33(34)23-32)36-25-37(27-46-26-36)38-20-21-42-41-19-18-29-7-3-4-9-39(29)44(41)43-11-5-10-40(38)45(42)43/h1-27H. The van der Waals surface area contributed by atoms with Crippen LogP contribution in [0, 0.1) is 0 Å². The summed E-state index contributed by atoms with van der Waals surface area (Å²) in [7, 11) is 0. The van der Waals surface area contributed by atoms with E-state index in [1.54, 1.807) is 0 Å². The molecule has 1 aliphatic rings. The number of rotatable bonds is 3. The lowest BCUT2D eigenvalue weighted by Gasteiger charge is -2.11. The van der Waals surface area contributed by atoms with Gasteiger partial charge in [-0.3, -0.25) is 4.98 Å². The Morgan fingerprint density at radius 1 is 0.304 bits per heavy atom. The number of nitrogens with zero attached hydrogens (tertiary/aromatic N) is 1. The summed E-state index contributed by atoms with van der Waals surface area (Å²) < 4.78 is 0. The molecule has 0 spiro atoms. The number of pyridine rings is 1. The van der Waals surface area contributed by atoms with Crippen LogP contribution < -0.4 is 0 Å². The predicted octanol–water partition coefficient (Wildman–Crippen LogP) is 12.3. The fourth-order valence-electron chi connectivity index (χ4n) is 7.60. The highest BCUT2D eigenvalue weighted by Crippen LogP contribution is 2.51. The highest BCUT2D eigenvalue weighted by molar-refractivity contribution is 6.23. The molecule has 8 aromatic carbocycles. The molecule has 1 aromatic heterocycles. The van der Waals surface area contributed by atoms with Gasteiger partial charge in [-0.15, -0.1) is 0 Å². The summed E-state index contributed by atoms with van der Waals surface area (Å²) in [6, 6.07) is 55.7. The molecule has 1 heteroatoms. The molecular weight excluding hydrogens is 555 g/mol. The third kappa shape index (κ3) is 3.79. The molecule has 0 bridgehead atoms. The quantitative estimate of drug-likeness (QED) is 0.202. The first-order chi connectivity index (χ1) is 22.8. The normalized spacial score (nSPS) is 11.9. The van der Waals surface area contributed by atoms with Crippen molar-refractivity contribution >= 4 is 43.1 Å². The molecule has 9 aromatic rings. The summed E-state index contributed by atoms with van der Waals surface area (Å²) >= 11 is 0. The van der Waals surface area contributed by atoms with E-state index >= 15 is 0 Å². The zero-order chi connectivity index (χ0) is 30.2. The fraction of sp³-hybridized carbons (Fsp3) is 0. The van der Waals surface area contributed by atoms with Gasteiger partial charge < -0.3 is 0 Å². The molecule has 0 saturated carbocycles. The van der Waals surface area contributed by atoms with E-state index in [1.807, 2.05) is 12.4 Å². The molecule has 10 rings (SSSR count). The van der Waals surface area contributed by atoms with Gasteiger partial charge in [0.25, 0.3) is 0 Å². The SMILES string of the molecule is c1ccc2cc(-c3ccc4cc(-c5cncc(-c6ccc7c8c(cccc68)-c6c-7ccc7ccccc67)c5)ccc4c3)ccc2c1. The first-order valence-electron chi connectivity index (χ1n) is 15.9. The molecule has 0 aliphatic heterocycles. The Labute approximate surface area is 267 Å². The zero-order valence-electron chi connectivity index (χ0n) is 25.0. The highest BCUT2D eigenvalue weighted by atomic mass is 14.6. The molecule has 212 valence electrons. The van der Waals surface area contributed by atoms with E-state index < -0.39 is 0 Å². The second-order valence-corrected chi connectivity index (χ2v) is 12.4. The average Bonchev–Trinajstić information content (AvgIpc) is 3.46. The van der Waals surface area contributed by atoms with Crippen molar-refractivity contribution in [1.29, 1.82) is 0 Å². The Morgan fingerprint density at radius 3 is 1.67 bits per heavy atom. The van der Waals surface area contributed by atoms with Gasteiger partial charge in [0, 0.05) is 23.5 Å². The molecule has 1 aliphatic carbocycles. The van der Waals surface area contributed by atoms with Gasteiger partial charge in [-0.2, -0.15) is 0 Å². The summed E-state index contributed by atoms with van der Waals surface area (Å²) in [5, 5.41) is 10.2. The largest absolute Gasteiger partial charge is 0.263 e. The number of hydrogen-bond acceptors (Lipinski definition) is 1. The van der Waals surface area contributed by atoms with Gasteiger partial charge in [0.05, 0.1) is 0 Å². The molecule has 0 radical (unpaired) electrons. The number of hydrogen-bond donors (Lipinski definition) is 0. The van der Waals surface area contributed by atoms with Gasteiger partial charge in [0.1, 0.15) is 0 Å². The monoisotopic (exact) mass is 581 g/mol. The van der Waals surface area contributed by atoms with Crippen LogP contribution in [0.3, 0.4) is 0 Å². The molecule has 0 amide bonds. The minimum atomic E-state index is 1.12. The van der Waals surface area contributed by atoms with Gasteiger partial charge in [0.15, 0.2) is 0 Å². The van der Waals surface area contributed by atoms with Crippen LogP contribution in [0.1, 0.15) is 0 Å². The van der Waals surface area contributed by atoms with E-state index in [-0.39, 0.29) is 0 Å². The van der Waals surface area contributed by atoms with Crippen LogP contribution in [0.25, 0.3) is 98.7 Å². The van der Waals surface area contributed by atoms with E-state index in [9.17, 15) is 0 Å². The van der Waals surface area contributed by atoms with Crippen LogP contribution in [0.4, 0.5) is 0 Å². The van der Waals surface area contributed by atoms with E-state index in [2.05, 4.69) is 152 Å². The topological polar surface area (TPSA) is 12.9 Å². The minimum absolute atomic E-state index is 1.12. The van der Waals surface area contributed by atoms with Crippen LogP contribution in [0.15, 0.2) is 164 Å². The van der Waals surface area contributed by atoms with Crippen LogP contribution in [-0.2, 0) is 0 Å². The van der Waals surface area contributed by atoms with Crippen LogP contribution in [0.2, 0.25) is 0 Å². The highest BCUT2D eigenvalue weighted by Gasteiger charge is 2.24. The summed E-state index contributed by atoms with van der Waals surface area (Å²) in [6.45, 7) is 0. The van der Waals surface area contributed by atoms with Crippen molar-refractivity contribution in [3.8, 4) is 55.6 Å². The number of benzene rings is 8. The van der Waals surface area contributed by atoms with Crippen molar-refractivity contribution in [2.45, 2.75) is 0 Å². The molecule has 0 unspecified atom stereocenters. The van der Waals surface area contributed by atoms with Crippen LogP contribution >= 0.6 is 0 Å². The van der Waals surface area contributed by atoms with Gasteiger partial charge in [0.2, 0.25) is 0 Å². The van der Waals surface area contributed by atoms with Crippen molar-refractivity contribution in [1.82, 2.24) is 4.98 Å². The van der Waals surface area contributed by atoms with Crippen molar-refractivity contribution in [3.63, 3.8) is 0 Å². The maximum Gasteiger partial charge on any atom is 0.0347 e. The first-order valence-corrected chi connectivity index (χ1v) is 15.9. The van der Waals surface area contributed by atoms with E-state index in [4.69, 9.17) is 4.98 Å². The van der Waals surface area contributed by atoms with Crippen LogP contribution in [-0.4, -0.2) is 4.98 Å². The summed E-state index contributed by atoms with van der Waals surface area (Å²) in [6.07, 6.45) is 3.98. The number of fused-ring (bicyclic) bond motifs is 7. The lowest BCUT2D eigenvalue weighted by molar-refractivity contribution is 1.33. The molecular formula is C45H27N. The maximum absolute atomic E-state index is 4.74. The molecule has 1 heterocycles. The Morgan fingerprint density at radius 2 is 0.870 bits per heavy atom. The Balaban J connectivity index is 1.05. The van der Waals surface area contributed by atoms with Gasteiger partial charge in [-0.1, -0.05) is 127 Å². The van der Waals surface area contributed by atoms with Gasteiger partial charge in [-0.05, 0) is 112 Å². The Kier molecular flexibility index (Phi) is 5.35.